The van der Waals surface area contributed by atoms with Gasteiger partial charge in [0.1, 0.15) is 5.78 Å². The van der Waals surface area contributed by atoms with Gasteiger partial charge in [0.05, 0.1) is 13.2 Å². The fraction of sp³-hybridized carbons (Fsp3) is 0.533. The van der Waals surface area contributed by atoms with Gasteiger partial charge in [-0.05, 0) is 36.5 Å². The average molecular weight is 246 g/mol. The molecular weight excluding hydrogens is 228 g/mol. The first-order valence-electron chi connectivity index (χ1n) is 6.74. The van der Waals surface area contributed by atoms with Crippen molar-refractivity contribution in [3.05, 3.63) is 23.8 Å². The highest BCUT2D eigenvalue weighted by molar-refractivity contribution is 5.79. The van der Waals surface area contributed by atoms with Crippen molar-refractivity contribution in [3.63, 3.8) is 0 Å². The Morgan fingerprint density at radius 3 is 2.50 bits per heavy atom. The van der Waals surface area contributed by atoms with Crippen molar-refractivity contribution in [1.82, 2.24) is 0 Å². The second-order valence-corrected chi connectivity index (χ2v) is 5.07. The number of hydrogen-bond donors (Lipinski definition) is 0. The molecule has 0 radical (unpaired) electrons. The predicted octanol–water partition coefficient (Wildman–Crippen LogP) is 3.07. The van der Waals surface area contributed by atoms with Gasteiger partial charge < -0.3 is 9.47 Å². The van der Waals surface area contributed by atoms with Gasteiger partial charge in [-0.3, -0.25) is 4.79 Å². The Labute approximate surface area is 107 Å². The van der Waals surface area contributed by atoms with Crippen LogP contribution >= 0.6 is 0 Å². The van der Waals surface area contributed by atoms with E-state index in [1.807, 2.05) is 6.07 Å². The molecule has 3 nitrogen and oxygen atoms in total. The third-order valence-corrected chi connectivity index (χ3v) is 3.79. The largest absolute Gasteiger partial charge is 0.490 e. The number of fused-ring (bicyclic) bond motifs is 1. The predicted molar refractivity (Wildman–Crippen MR) is 68.3 cm³/mol. The van der Waals surface area contributed by atoms with E-state index >= 15 is 0 Å². The Kier molecular flexibility index (Phi) is 3.22. The van der Waals surface area contributed by atoms with Gasteiger partial charge in [0.25, 0.3) is 0 Å². The maximum atomic E-state index is 11.3. The van der Waals surface area contributed by atoms with Gasteiger partial charge in [-0.1, -0.05) is 6.07 Å². The van der Waals surface area contributed by atoms with Crippen LogP contribution in [0.25, 0.3) is 0 Å². The molecule has 0 atom stereocenters. The van der Waals surface area contributed by atoms with Gasteiger partial charge in [-0.15, -0.1) is 0 Å². The summed E-state index contributed by atoms with van der Waals surface area (Å²) in [7, 11) is 0. The summed E-state index contributed by atoms with van der Waals surface area (Å²) in [5.74, 6) is 2.62. The van der Waals surface area contributed by atoms with E-state index in [1.165, 1.54) is 5.56 Å². The van der Waals surface area contributed by atoms with Crippen molar-refractivity contribution in [3.8, 4) is 11.5 Å². The summed E-state index contributed by atoms with van der Waals surface area (Å²) >= 11 is 0. The smallest absolute Gasteiger partial charge is 0.161 e. The van der Waals surface area contributed by atoms with E-state index in [1.54, 1.807) is 0 Å². The molecule has 96 valence electrons. The minimum Gasteiger partial charge on any atom is -0.490 e. The minimum atomic E-state index is 0.403. The van der Waals surface area contributed by atoms with Gasteiger partial charge in [-0.25, -0.2) is 0 Å². The number of benzene rings is 1. The number of ether oxygens (including phenoxy) is 2. The topological polar surface area (TPSA) is 35.5 Å². The molecule has 0 spiro atoms. The molecule has 2 aliphatic rings. The lowest BCUT2D eigenvalue weighted by Crippen LogP contribution is -2.12. The van der Waals surface area contributed by atoms with Crippen molar-refractivity contribution in [2.45, 2.75) is 38.0 Å². The standard InChI is InChI=1S/C15H18O3/c16-13-5-2-11(3-6-13)12-4-7-14-15(10-12)18-9-1-8-17-14/h4,7,10-11H,1-3,5-6,8-9H2. The highest BCUT2D eigenvalue weighted by atomic mass is 16.5. The summed E-state index contributed by atoms with van der Waals surface area (Å²) in [6.45, 7) is 1.45. The van der Waals surface area contributed by atoms with Crippen molar-refractivity contribution >= 4 is 5.78 Å². The van der Waals surface area contributed by atoms with Crippen LogP contribution in [0.2, 0.25) is 0 Å². The molecule has 1 fully saturated rings. The second kappa shape index (κ2) is 5.01. The number of Topliss-reactive ketones (excluding diaryl/α,β-unsaturated/α-hetero) is 1. The zero-order chi connectivity index (χ0) is 12.4. The van der Waals surface area contributed by atoms with Crippen LogP contribution in [0.4, 0.5) is 0 Å². The Bertz CT molecular complexity index is 443. The van der Waals surface area contributed by atoms with Crippen molar-refractivity contribution < 1.29 is 14.3 Å². The lowest BCUT2D eigenvalue weighted by molar-refractivity contribution is -0.120. The average Bonchev–Trinajstić information content (AvgIpc) is 2.64. The monoisotopic (exact) mass is 246 g/mol. The summed E-state index contributed by atoms with van der Waals surface area (Å²) in [4.78, 5) is 11.3. The summed E-state index contributed by atoms with van der Waals surface area (Å²) < 4.78 is 11.3. The summed E-state index contributed by atoms with van der Waals surface area (Å²) in [5, 5.41) is 0. The van der Waals surface area contributed by atoms with Gasteiger partial charge in [-0.2, -0.15) is 0 Å². The van der Waals surface area contributed by atoms with E-state index in [4.69, 9.17) is 9.47 Å². The molecule has 0 unspecified atom stereocenters. The molecule has 1 heterocycles. The van der Waals surface area contributed by atoms with Gasteiger partial charge in [0.15, 0.2) is 11.5 Å². The number of ketones is 1. The SMILES string of the molecule is O=C1CCC(c2ccc3c(c2)OCCCO3)CC1. The Morgan fingerprint density at radius 2 is 1.72 bits per heavy atom. The number of rotatable bonds is 1. The maximum Gasteiger partial charge on any atom is 0.161 e. The first kappa shape index (κ1) is 11.6. The summed E-state index contributed by atoms with van der Waals surface area (Å²) in [5.41, 5.74) is 1.28. The molecule has 1 saturated carbocycles. The molecule has 0 saturated heterocycles. The zero-order valence-corrected chi connectivity index (χ0v) is 10.5. The maximum absolute atomic E-state index is 11.3. The van der Waals surface area contributed by atoms with Crippen LogP contribution in [-0.4, -0.2) is 19.0 Å². The van der Waals surface area contributed by atoms with Gasteiger partial charge in [0, 0.05) is 19.3 Å². The molecule has 0 bridgehead atoms. The fourth-order valence-corrected chi connectivity index (χ4v) is 2.71. The third kappa shape index (κ3) is 2.35. The van der Waals surface area contributed by atoms with E-state index in [0.717, 1.165) is 56.8 Å². The van der Waals surface area contributed by atoms with E-state index in [2.05, 4.69) is 12.1 Å². The van der Waals surface area contributed by atoms with Crippen LogP contribution in [0.3, 0.4) is 0 Å². The Balaban J connectivity index is 1.81. The van der Waals surface area contributed by atoms with E-state index in [9.17, 15) is 4.79 Å². The first-order valence-corrected chi connectivity index (χ1v) is 6.74. The molecule has 18 heavy (non-hydrogen) atoms. The molecule has 1 aliphatic carbocycles. The molecule has 0 N–H and O–H groups in total. The second-order valence-electron chi connectivity index (χ2n) is 5.07. The van der Waals surface area contributed by atoms with Crippen molar-refractivity contribution in [2.75, 3.05) is 13.2 Å². The van der Waals surface area contributed by atoms with Gasteiger partial charge >= 0.3 is 0 Å². The van der Waals surface area contributed by atoms with Crippen LogP contribution in [-0.2, 0) is 4.79 Å². The third-order valence-electron chi connectivity index (χ3n) is 3.79. The molecule has 1 aromatic rings. The Hall–Kier alpha value is -1.51. The molecular formula is C15H18O3. The van der Waals surface area contributed by atoms with Crippen molar-refractivity contribution in [1.29, 1.82) is 0 Å². The van der Waals surface area contributed by atoms with Crippen LogP contribution in [0.5, 0.6) is 11.5 Å². The molecule has 1 aromatic carbocycles. The normalized spacial score (nSPS) is 20.6. The number of carbonyl (C=O) groups excluding carboxylic acids is 1. The van der Waals surface area contributed by atoms with Gasteiger partial charge in [0.2, 0.25) is 0 Å². The van der Waals surface area contributed by atoms with Crippen LogP contribution in [0.1, 0.15) is 43.6 Å². The van der Waals surface area contributed by atoms with E-state index < -0.39 is 0 Å². The zero-order valence-electron chi connectivity index (χ0n) is 10.5. The lowest BCUT2D eigenvalue weighted by atomic mass is 9.83. The molecule has 1 aliphatic heterocycles. The molecule has 0 amide bonds. The van der Waals surface area contributed by atoms with Crippen LogP contribution in [0.15, 0.2) is 18.2 Å². The number of carbonyl (C=O) groups is 1. The van der Waals surface area contributed by atoms with E-state index in [0.29, 0.717) is 11.7 Å². The molecule has 3 heteroatoms. The van der Waals surface area contributed by atoms with Crippen LogP contribution < -0.4 is 9.47 Å². The van der Waals surface area contributed by atoms with E-state index in [-0.39, 0.29) is 0 Å². The fourth-order valence-electron chi connectivity index (χ4n) is 2.71. The molecule has 3 rings (SSSR count). The van der Waals surface area contributed by atoms with Crippen LogP contribution in [0, 0.1) is 0 Å². The lowest BCUT2D eigenvalue weighted by Gasteiger charge is -2.22. The number of hydrogen-bond acceptors (Lipinski definition) is 3. The summed E-state index contributed by atoms with van der Waals surface area (Å²) in [6, 6.07) is 6.22. The molecule has 0 aromatic heterocycles. The highest BCUT2D eigenvalue weighted by Crippen LogP contribution is 2.37. The first-order chi connectivity index (χ1) is 8.83. The summed E-state index contributed by atoms with van der Waals surface area (Å²) in [6.07, 6.45) is 4.32. The van der Waals surface area contributed by atoms with Crippen molar-refractivity contribution in [2.24, 2.45) is 0 Å². The minimum absolute atomic E-state index is 0.403. The highest BCUT2D eigenvalue weighted by Gasteiger charge is 2.21. The quantitative estimate of drug-likeness (QED) is 0.764. The Morgan fingerprint density at radius 1 is 1.00 bits per heavy atom.